The van der Waals surface area contributed by atoms with Gasteiger partial charge in [-0.05, 0) is 27.8 Å². The second kappa shape index (κ2) is 4.18. The number of carbonyl (C=O) groups is 1. The van der Waals surface area contributed by atoms with Crippen molar-refractivity contribution in [2.75, 3.05) is 0 Å². The molecule has 16 heavy (non-hydrogen) atoms. The average Bonchev–Trinajstić information content (AvgIpc) is 2.45. The lowest BCUT2D eigenvalue weighted by atomic mass is 10.1. The zero-order valence-electron chi connectivity index (χ0n) is 8.12. The summed E-state index contributed by atoms with van der Waals surface area (Å²) in [4.78, 5) is 20.4. The van der Waals surface area contributed by atoms with Crippen LogP contribution in [-0.4, -0.2) is 36.5 Å². The minimum Gasteiger partial charge on any atom is -0.479 e. The van der Waals surface area contributed by atoms with Gasteiger partial charge in [0, 0.05) is 0 Å². The van der Waals surface area contributed by atoms with Crippen LogP contribution in [0.1, 0.15) is 6.92 Å². The third-order valence-electron chi connectivity index (χ3n) is 1.80. The number of carboxylic acid groups (broad SMARTS) is 1. The van der Waals surface area contributed by atoms with E-state index in [1.54, 1.807) is 0 Å². The van der Waals surface area contributed by atoms with Crippen molar-refractivity contribution < 1.29 is 19.9 Å². The van der Waals surface area contributed by atoms with E-state index < -0.39 is 22.3 Å². The van der Waals surface area contributed by atoms with Crippen LogP contribution < -0.4 is 0 Å². The maximum absolute atomic E-state index is 10.6. The van der Waals surface area contributed by atoms with Gasteiger partial charge in [0.1, 0.15) is 11.0 Å². The van der Waals surface area contributed by atoms with Gasteiger partial charge in [0.25, 0.3) is 0 Å². The van der Waals surface area contributed by atoms with E-state index >= 15 is 0 Å². The zero-order chi connectivity index (χ0) is 12.5. The zero-order valence-corrected chi connectivity index (χ0v) is 9.71. The monoisotopic (exact) mass is 293 g/mol. The fraction of sp³-hybridized carbons (Fsp3) is 0.429. The Morgan fingerprint density at radius 2 is 2.38 bits per heavy atom. The molecule has 1 unspecified atom stereocenters. The molecule has 0 aliphatic heterocycles. The Morgan fingerprint density at radius 3 is 2.75 bits per heavy atom. The van der Waals surface area contributed by atoms with E-state index in [1.165, 1.54) is 6.20 Å². The van der Waals surface area contributed by atoms with Gasteiger partial charge in [-0.3, -0.25) is 0 Å². The molecule has 0 radical (unpaired) electrons. The third kappa shape index (κ3) is 2.55. The summed E-state index contributed by atoms with van der Waals surface area (Å²) in [6.45, 7) is 0.700. The first-order chi connectivity index (χ1) is 7.24. The minimum atomic E-state index is -2.03. The summed E-state index contributed by atoms with van der Waals surface area (Å²) in [6, 6.07) is 0. The van der Waals surface area contributed by atoms with Crippen LogP contribution in [0.4, 0.5) is 5.82 Å². The van der Waals surface area contributed by atoms with Crippen LogP contribution in [0.3, 0.4) is 0 Å². The van der Waals surface area contributed by atoms with Crippen LogP contribution in [0.25, 0.3) is 0 Å². The van der Waals surface area contributed by atoms with Crippen molar-refractivity contribution in [1.29, 1.82) is 0 Å². The summed E-state index contributed by atoms with van der Waals surface area (Å²) in [5.41, 5.74) is -2.03. The van der Waals surface area contributed by atoms with Crippen molar-refractivity contribution in [2.24, 2.45) is 0 Å². The molecule has 1 aromatic heterocycles. The number of halogens is 1. The van der Waals surface area contributed by atoms with Crippen molar-refractivity contribution >= 4 is 27.7 Å². The number of aromatic nitrogens is 2. The lowest BCUT2D eigenvalue weighted by molar-refractivity contribution is -0.390. The third-order valence-corrected chi connectivity index (χ3v) is 2.36. The van der Waals surface area contributed by atoms with E-state index in [2.05, 4.69) is 21.0 Å². The highest BCUT2D eigenvalue weighted by atomic mass is 79.9. The molecular formula is C7H8BrN3O5. The van der Waals surface area contributed by atoms with Crippen molar-refractivity contribution in [3.05, 3.63) is 20.8 Å². The Morgan fingerprint density at radius 1 is 1.81 bits per heavy atom. The molecule has 0 fully saturated rings. The Balaban J connectivity index is 2.96. The molecule has 88 valence electrons. The van der Waals surface area contributed by atoms with E-state index in [-0.39, 0.29) is 11.0 Å². The minimum absolute atomic E-state index is 0.124. The second-order valence-corrected chi connectivity index (χ2v) is 4.19. The van der Waals surface area contributed by atoms with Gasteiger partial charge in [-0.2, -0.15) is 4.68 Å². The summed E-state index contributed by atoms with van der Waals surface area (Å²) in [6.07, 6.45) is 1.23. The molecular weight excluding hydrogens is 286 g/mol. The molecule has 1 aromatic rings. The first-order valence-electron chi connectivity index (χ1n) is 4.07. The number of hydrogen-bond acceptors (Lipinski definition) is 5. The highest BCUT2D eigenvalue weighted by molar-refractivity contribution is 9.10. The fourth-order valence-electron chi connectivity index (χ4n) is 0.975. The summed E-state index contributed by atoms with van der Waals surface area (Å²) >= 11 is 2.91. The maximum atomic E-state index is 10.6. The largest absolute Gasteiger partial charge is 0.479 e. The molecule has 1 heterocycles. The number of aliphatic carboxylic acids is 1. The topological polar surface area (TPSA) is 118 Å². The molecule has 0 saturated carbocycles. The molecule has 0 amide bonds. The molecule has 1 atom stereocenters. The lowest BCUT2D eigenvalue weighted by Gasteiger charge is -2.15. The number of rotatable bonds is 4. The van der Waals surface area contributed by atoms with Crippen LogP contribution in [0.15, 0.2) is 10.7 Å². The van der Waals surface area contributed by atoms with Crippen LogP contribution >= 0.6 is 15.9 Å². The molecule has 8 nitrogen and oxygen atoms in total. The number of carboxylic acids is 1. The number of nitrogens with zero attached hydrogens (tertiary/aromatic N) is 3. The Bertz CT molecular complexity index is 441. The maximum Gasteiger partial charge on any atom is 0.404 e. The van der Waals surface area contributed by atoms with Crippen LogP contribution in [0, 0.1) is 10.1 Å². The van der Waals surface area contributed by atoms with Gasteiger partial charge in [0.15, 0.2) is 5.60 Å². The summed E-state index contributed by atoms with van der Waals surface area (Å²) < 4.78 is 1.12. The molecule has 0 spiro atoms. The Kier molecular flexibility index (Phi) is 3.29. The van der Waals surface area contributed by atoms with E-state index in [9.17, 15) is 20.0 Å². The normalized spacial score (nSPS) is 14.4. The van der Waals surface area contributed by atoms with Crippen LogP contribution in [0.5, 0.6) is 0 Å². The lowest BCUT2D eigenvalue weighted by Crippen LogP contribution is -2.39. The second-order valence-electron chi connectivity index (χ2n) is 3.33. The molecule has 0 saturated heterocycles. The van der Waals surface area contributed by atoms with Gasteiger partial charge in [-0.15, -0.1) is 0 Å². The quantitative estimate of drug-likeness (QED) is 0.612. The predicted octanol–water partition coefficient (Wildman–Crippen LogP) is 0.389. The van der Waals surface area contributed by atoms with Gasteiger partial charge in [0.2, 0.25) is 0 Å². The van der Waals surface area contributed by atoms with Crippen molar-refractivity contribution in [1.82, 2.24) is 9.78 Å². The number of hydrogen-bond donors (Lipinski definition) is 2. The van der Waals surface area contributed by atoms with E-state index in [0.717, 1.165) is 11.6 Å². The summed E-state index contributed by atoms with van der Waals surface area (Å²) in [5.74, 6) is -1.86. The molecule has 0 aliphatic carbocycles. The van der Waals surface area contributed by atoms with Crippen LogP contribution in [-0.2, 0) is 11.3 Å². The van der Waals surface area contributed by atoms with Crippen molar-refractivity contribution in [3.63, 3.8) is 0 Å². The van der Waals surface area contributed by atoms with Gasteiger partial charge in [-0.25, -0.2) is 4.79 Å². The Labute approximate surface area is 97.8 Å². The van der Waals surface area contributed by atoms with Gasteiger partial charge < -0.3 is 20.3 Å². The van der Waals surface area contributed by atoms with Crippen LogP contribution in [0.2, 0.25) is 0 Å². The highest BCUT2D eigenvalue weighted by Gasteiger charge is 2.33. The molecule has 0 bridgehead atoms. The predicted molar refractivity (Wildman–Crippen MR) is 54.8 cm³/mol. The SMILES string of the molecule is CC(O)(Cn1cc(Br)c([N+](=O)[O-])n1)C(=O)O. The molecule has 2 N–H and O–H groups in total. The van der Waals surface area contributed by atoms with E-state index in [0.29, 0.717) is 0 Å². The smallest absolute Gasteiger partial charge is 0.404 e. The van der Waals surface area contributed by atoms with Gasteiger partial charge in [-0.1, -0.05) is 0 Å². The van der Waals surface area contributed by atoms with Gasteiger partial charge >= 0.3 is 11.8 Å². The van der Waals surface area contributed by atoms with Crippen molar-refractivity contribution in [2.45, 2.75) is 19.1 Å². The molecule has 1 rings (SSSR count). The standard InChI is InChI=1S/C7H8BrN3O5/c1-7(14,6(12)13)3-10-2-4(8)5(9-10)11(15)16/h2,14H,3H2,1H3,(H,12,13). The average molecular weight is 294 g/mol. The summed E-state index contributed by atoms with van der Waals surface area (Å²) in [7, 11) is 0. The summed E-state index contributed by atoms with van der Waals surface area (Å²) in [5, 5.41) is 32.1. The Hall–Kier alpha value is -1.48. The van der Waals surface area contributed by atoms with E-state index in [1.807, 2.05) is 0 Å². The van der Waals surface area contributed by atoms with E-state index in [4.69, 9.17) is 5.11 Å². The first-order valence-corrected chi connectivity index (χ1v) is 4.86. The van der Waals surface area contributed by atoms with Gasteiger partial charge in [0.05, 0.1) is 11.3 Å². The molecule has 0 aliphatic rings. The number of aliphatic hydroxyl groups is 1. The van der Waals surface area contributed by atoms with Crippen molar-refractivity contribution in [3.8, 4) is 0 Å². The highest BCUT2D eigenvalue weighted by Crippen LogP contribution is 2.23. The first kappa shape index (κ1) is 12.6. The molecule has 0 aromatic carbocycles. The molecule has 9 heteroatoms. The fourth-order valence-corrected chi connectivity index (χ4v) is 1.44. The number of nitro groups is 1.